The molecule has 1 heteroatoms. The van der Waals surface area contributed by atoms with Gasteiger partial charge >= 0.3 is 0 Å². The van der Waals surface area contributed by atoms with Crippen molar-refractivity contribution >= 4 is 22.6 Å². The molecule has 0 aromatic heterocycles. The number of halogens is 1. The summed E-state index contributed by atoms with van der Waals surface area (Å²) >= 11 is 2.47. The smallest absolute Gasteiger partial charge is 0.0359 e. The number of hydrogen-bond donors (Lipinski definition) is 0. The molecule has 0 aromatic rings. The monoisotopic (exact) mass is 208 g/mol. The number of alkyl halides is 1. The molecule has 0 heterocycles. The lowest BCUT2D eigenvalue weighted by molar-refractivity contribution is 1.36. The molecule has 1 aliphatic carbocycles. The molecule has 0 aliphatic heterocycles. The van der Waals surface area contributed by atoms with Gasteiger partial charge in [0.05, 0.1) is 0 Å². The lowest BCUT2D eigenvalue weighted by atomic mass is 10.3. The third kappa shape index (κ3) is 1.18. The maximum Gasteiger partial charge on any atom is 0.0359 e. The first kappa shape index (κ1) is 5.60. The van der Waals surface area contributed by atoms with Crippen molar-refractivity contribution < 1.29 is 0 Å². The Labute approximate surface area is 58.1 Å². The molecule has 7 heavy (non-hydrogen) atoms. The third-order valence-electron chi connectivity index (χ3n) is 1.26. The first-order chi connectivity index (χ1) is 3.22. The molecule has 0 bridgehead atoms. The number of hydrogen-bond acceptors (Lipinski definition) is 0. The van der Waals surface area contributed by atoms with Gasteiger partial charge in [0.15, 0.2) is 0 Å². The van der Waals surface area contributed by atoms with E-state index in [0.717, 1.165) is 3.92 Å². The fraction of sp³-hybridized carbons (Fsp3) is 0.667. The van der Waals surface area contributed by atoms with Crippen LogP contribution in [-0.4, -0.2) is 3.92 Å². The Morgan fingerprint density at radius 1 is 1.71 bits per heavy atom. The van der Waals surface area contributed by atoms with E-state index >= 15 is 0 Å². The average molecular weight is 208 g/mol. The van der Waals surface area contributed by atoms with E-state index in [1.807, 2.05) is 0 Å². The summed E-state index contributed by atoms with van der Waals surface area (Å²) in [4.78, 5) is 0. The summed E-state index contributed by atoms with van der Waals surface area (Å²) in [6.07, 6.45) is 1.35. The molecular formula is C6H9I. The molecule has 40 valence electrons. The highest BCUT2D eigenvalue weighted by Gasteiger charge is 2.26. The quantitative estimate of drug-likeness (QED) is 0.326. The molecular weight excluding hydrogens is 199 g/mol. The first-order valence-corrected chi connectivity index (χ1v) is 3.76. The molecule has 0 amide bonds. The van der Waals surface area contributed by atoms with E-state index < -0.39 is 0 Å². The zero-order valence-electron chi connectivity index (χ0n) is 4.66. The van der Waals surface area contributed by atoms with E-state index in [-0.39, 0.29) is 0 Å². The average Bonchev–Trinajstić information content (AvgIpc) is 2.17. The molecule has 0 saturated heterocycles. The van der Waals surface area contributed by atoms with Gasteiger partial charge in [-0.1, -0.05) is 33.7 Å². The van der Waals surface area contributed by atoms with Crippen LogP contribution in [0.5, 0.6) is 0 Å². The van der Waals surface area contributed by atoms with E-state index in [4.69, 9.17) is 0 Å². The first-order valence-electron chi connectivity index (χ1n) is 2.52. The number of allylic oxidation sites excluding steroid dienone is 2. The Bertz CT molecular complexity index is 109. The van der Waals surface area contributed by atoms with Gasteiger partial charge in [-0.2, -0.15) is 0 Å². The molecule has 0 aromatic carbocycles. The molecule has 1 aliphatic rings. The van der Waals surface area contributed by atoms with Crippen molar-refractivity contribution in [2.45, 2.75) is 24.2 Å². The molecule has 0 radical (unpaired) electrons. The molecule has 1 fully saturated rings. The Morgan fingerprint density at radius 3 is 2.14 bits per heavy atom. The van der Waals surface area contributed by atoms with Crippen LogP contribution in [0.1, 0.15) is 20.3 Å². The third-order valence-corrected chi connectivity index (χ3v) is 2.45. The van der Waals surface area contributed by atoms with Crippen LogP contribution in [0.2, 0.25) is 0 Å². The van der Waals surface area contributed by atoms with Crippen LogP contribution < -0.4 is 0 Å². The van der Waals surface area contributed by atoms with Crippen molar-refractivity contribution in [3.8, 4) is 0 Å². The van der Waals surface area contributed by atoms with Crippen LogP contribution in [0, 0.1) is 0 Å². The SMILES string of the molecule is CC(C)=C1CC1I. The molecule has 1 atom stereocenters. The zero-order chi connectivity index (χ0) is 5.44. The Hall–Kier alpha value is 0.470. The minimum atomic E-state index is 0.891. The molecule has 0 nitrogen and oxygen atoms in total. The summed E-state index contributed by atoms with van der Waals surface area (Å²) < 4.78 is 0.891. The second kappa shape index (κ2) is 1.77. The Morgan fingerprint density at radius 2 is 2.14 bits per heavy atom. The van der Waals surface area contributed by atoms with Crippen molar-refractivity contribution in [1.82, 2.24) is 0 Å². The minimum absolute atomic E-state index is 0.891. The Balaban J connectivity index is 2.60. The van der Waals surface area contributed by atoms with Gasteiger partial charge in [-0.3, -0.25) is 0 Å². The van der Waals surface area contributed by atoms with Crippen molar-refractivity contribution in [1.29, 1.82) is 0 Å². The second-order valence-electron chi connectivity index (χ2n) is 2.20. The summed E-state index contributed by atoms with van der Waals surface area (Å²) in [7, 11) is 0. The summed E-state index contributed by atoms with van der Waals surface area (Å²) in [6.45, 7) is 4.38. The van der Waals surface area contributed by atoms with Crippen LogP contribution in [0.25, 0.3) is 0 Å². The van der Waals surface area contributed by atoms with Crippen LogP contribution in [0.3, 0.4) is 0 Å². The summed E-state index contributed by atoms with van der Waals surface area (Å²) in [5, 5.41) is 0. The summed E-state index contributed by atoms with van der Waals surface area (Å²) in [6, 6.07) is 0. The predicted octanol–water partition coefficient (Wildman–Crippen LogP) is 2.53. The van der Waals surface area contributed by atoms with E-state index in [9.17, 15) is 0 Å². The van der Waals surface area contributed by atoms with Crippen molar-refractivity contribution in [2.24, 2.45) is 0 Å². The topological polar surface area (TPSA) is 0 Å². The molecule has 1 rings (SSSR count). The lowest BCUT2D eigenvalue weighted by Crippen LogP contribution is -1.62. The molecule has 0 spiro atoms. The van der Waals surface area contributed by atoms with Crippen LogP contribution in [-0.2, 0) is 0 Å². The van der Waals surface area contributed by atoms with Gasteiger partial charge in [0.1, 0.15) is 0 Å². The fourth-order valence-electron chi connectivity index (χ4n) is 0.652. The van der Waals surface area contributed by atoms with Gasteiger partial charge in [-0.15, -0.1) is 0 Å². The lowest BCUT2D eigenvalue weighted by Gasteiger charge is -1.79. The summed E-state index contributed by atoms with van der Waals surface area (Å²) in [5.74, 6) is 0. The molecule has 1 saturated carbocycles. The Kier molecular flexibility index (Phi) is 1.41. The van der Waals surface area contributed by atoms with Crippen LogP contribution in [0.4, 0.5) is 0 Å². The zero-order valence-corrected chi connectivity index (χ0v) is 6.82. The van der Waals surface area contributed by atoms with Crippen LogP contribution in [0.15, 0.2) is 11.1 Å². The second-order valence-corrected chi connectivity index (χ2v) is 3.70. The van der Waals surface area contributed by atoms with E-state index in [1.54, 1.807) is 5.57 Å². The maximum atomic E-state index is 2.47. The summed E-state index contributed by atoms with van der Waals surface area (Å²) in [5.41, 5.74) is 3.19. The standard InChI is InChI=1S/C6H9I/c1-4(2)5-3-6(5)7/h6H,3H2,1-2H3. The minimum Gasteiger partial charge on any atom is -0.0774 e. The van der Waals surface area contributed by atoms with Gasteiger partial charge in [0.2, 0.25) is 0 Å². The highest BCUT2D eigenvalue weighted by molar-refractivity contribution is 14.1. The van der Waals surface area contributed by atoms with Gasteiger partial charge < -0.3 is 0 Å². The molecule has 0 N–H and O–H groups in total. The van der Waals surface area contributed by atoms with Gasteiger partial charge in [-0.25, -0.2) is 0 Å². The highest BCUT2D eigenvalue weighted by Crippen LogP contribution is 2.39. The van der Waals surface area contributed by atoms with Crippen molar-refractivity contribution in [2.75, 3.05) is 0 Å². The van der Waals surface area contributed by atoms with Gasteiger partial charge in [0.25, 0.3) is 0 Å². The van der Waals surface area contributed by atoms with Gasteiger partial charge in [0, 0.05) is 3.92 Å². The van der Waals surface area contributed by atoms with Crippen molar-refractivity contribution in [3.05, 3.63) is 11.1 Å². The number of rotatable bonds is 0. The maximum absolute atomic E-state index is 2.47. The van der Waals surface area contributed by atoms with E-state index in [0.29, 0.717) is 0 Å². The van der Waals surface area contributed by atoms with Crippen LogP contribution >= 0.6 is 22.6 Å². The van der Waals surface area contributed by atoms with Crippen molar-refractivity contribution in [3.63, 3.8) is 0 Å². The van der Waals surface area contributed by atoms with Gasteiger partial charge in [-0.05, 0) is 20.3 Å². The largest absolute Gasteiger partial charge is 0.0774 e. The van der Waals surface area contributed by atoms with E-state index in [1.165, 1.54) is 12.0 Å². The highest BCUT2D eigenvalue weighted by atomic mass is 127. The fourth-order valence-corrected chi connectivity index (χ4v) is 1.75. The normalized spacial score (nSPS) is 27.9. The molecule has 1 unspecified atom stereocenters. The predicted molar refractivity (Wildman–Crippen MR) is 40.8 cm³/mol. The van der Waals surface area contributed by atoms with E-state index in [2.05, 4.69) is 36.4 Å².